The van der Waals surface area contributed by atoms with Crippen molar-refractivity contribution in [3.05, 3.63) is 59.2 Å². The van der Waals surface area contributed by atoms with Crippen molar-refractivity contribution in [1.82, 2.24) is 5.32 Å². The van der Waals surface area contributed by atoms with E-state index in [1.807, 2.05) is 32.0 Å². The number of aryl methyl sites for hydroxylation is 1. The van der Waals surface area contributed by atoms with Crippen LogP contribution in [-0.4, -0.2) is 24.4 Å². The van der Waals surface area contributed by atoms with Crippen molar-refractivity contribution in [1.29, 1.82) is 0 Å². The van der Waals surface area contributed by atoms with Gasteiger partial charge in [0.25, 0.3) is 0 Å². The number of carbonyl (C=O) groups excluding carboxylic acids is 1. The smallest absolute Gasteiger partial charge is 0.230 e. The molecular weight excluding hydrogens is 358 g/mol. The maximum absolute atomic E-state index is 12.5. The summed E-state index contributed by atoms with van der Waals surface area (Å²) < 4.78 is 11.4. The summed E-state index contributed by atoms with van der Waals surface area (Å²) >= 11 is 1.63. The predicted octanol–water partition coefficient (Wildman–Crippen LogP) is 4.66. The Morgan fingerprint density at radius 1 is 1.30 bits per heavy atom. The van der Waals surface area contributed by atoms with Gasteiger partial charge in [-0.15, -0.1) is 11.8 Å². The molecule has 0 saturated carbocycles. The fourth-order valence-corrected chi connectivity index (χ4v) is 4.17. The Hall–Kier alpha value is -2.14. The molecule has 0 bridgehead atoms. The number of ether oxygens (including phenoxy) is 2. The lowest BCUT2D eigenvalue weighted by Crippen LogP contribution is -2.41. The van der Waals surface area contributed by atoms with E-state index in [2.05, 4.69) is 36.5 Å². The van der Waals surface area contributed by atoms with E-state index in [-0.39, 0.29) is 17.6 Å². The molecule has 1 amide bonds. The van der Waals surface area contributed by atoms with Crippen molar-refractivity contribution in [2.75, 3.05) is 12.9 Å². The third-order valence-electron chi connectivity index (χ3n) is 4.59. The number of benzene rings is 2. The first-order chi connectivity index (χ1) is 12.9. The van der Waals surface area contributed by atoms with Gasteiger partial charge in [-0.1, -0.05) is 29.8 Å². The number of hydrogen-bond donors (Lipinski definition) is 1. The molecule has 0 radical (unpaired) electrons. The maximum atomic E-state index is 12.5. The molecule has 1 aliphatic rings. The van der Waals surface area contributed by atoms with Gasteiger partial charge in [0.2, 0.25) is 5.91 Å². The van der Waals surface area contributed by atoms with Crippen LogP contribution in [-0.2, 0) is 10.5 Å². The molecule has 144 valence electrons. The molecule has 1 aliphatic heterocycles. The molecular formula is C22H27NO3S. The van der Waals surface area contributed by atoms with Crippen molar-refractivity contribution < 1.29 is 14.3 Å². The molecule has 2 aromatic carbocycles. The van der Waals surface area contributed by atoms with Gasteiger partial charge in [0.1, 0.15) is 17.1 Å². The average Bonchev–Trinajstić information content (AvgIpc) is 2.60. The number of hydrogen-bond acceptors (Lipinski definition) is 4. The summed E-state index contributed by atoms with van der Waals surface area (Å²) in [6, 6.07) is 14.1. The zero-order valence-electron chi connectivity index (χ0n) is 16.4. The van der Waals surface area contributed by atoms with Gasteiger partial charge >= 0.3 is 0 Å². The van der Waals surface area contributed by atoms with E-state index in [1.54, 1.807) is 18.9 Å². The second-order valence-corrected chi connectivity index (χ2v) is 8.56. The zero-order chi connectivity index (χ0) is 19.4. The first-order valence-corrected chi connectivity index (χ1v) is 10.3. The number of thioether (sulfide) groups is 1. The van der Waals surface area contributed by atoms with E-state index < -0.39 is 0 Å². The van der Waals surface area contributed by atoms with Crippen molar-refractivity contribution in [3.63, 3.8) is 0 Å². The lowest BCUT2D eigenvalue weighted by Gasteiger charge is -2.38. The minimum absolute atomic E-state index is 0.0455. The van der Waals surface area contributed by atoms with E-state index >= 15 is 0 Å². The highest BCUT2D eigenvalue weighted by Crippen LogP contribution is 2.41. The topological polar surface area (TPSA) is 47.6 Å². The Morgan fingerprint density at radius 2 is 2.11 bits per heavy atom. The van der Waals surface area contributed by atoms with Gasteiger partial charge in [0.05, 0.1) is 18.9 Å². The van der Waals surface area contributed by atoms with Crippen LogP contribution in [0.3, 0.4) is 0 Å². The number of amides is 1. The molecule has 1 atom stereocenters. The van der Waals surface area contributed by atoms with Crippen LogP contribution in [0.1, 0.15) is 43.0 Å². The zero-order valence-corrected chi connectivity index (χ0v) is 17.2. The SMILES string of the molecule is COc1ccc2c(c1)[C@@H](NC(=O)CSCc1cccc(C)c1)CC(C)(C)O2. The van der Waals surface area contributed by atoms with Gasteiger partial charge in [-0.2, -0.15) is 0 Å². The molecule has 0 spiro atoms. The van der Waals surface area contributed by atoms with Gasteiger partial charge in [0.15, 0.2) is 0 Å². The largest absolute Gasteiger partial charge is 0.497 e. The van der Waals surface area contributed by atoms with Crippen molar-refractivity contribution >= 4 is 17.7 Å². The molecule has 27 heavy (non-hydrogen) atoms. The van der Waals surface area contributed by atoms with Crippen molar-refractivity contribution in [2.24, 2.45) is 0 Å². The Bertz CT molecular complexity index is 819. The third-order valence-corrected chi connectivity index (χ3v) is 5.60. The van der Waals surface area contributed by atoms with Crippen LogP contribution >= 0.6 is 11.8 Å². The highest BCUT2D eigenvalue weighted by molar-refractivity contribution is 7.99. The molecule has 3 rings (SSSR count). The van der Waals surface area contributed by atoms with E-state index in [0.29, 0.717) is 5.75 Å². The number of carbonyl (C=O) groups is 1. The predicted molar refractivity (Wildman–Crippen MR) is 111 cm³/mol. The summed E-state index contributed by atoms with van der Waals surface area (Å²) in [4.78, 5) is 12.5. The molecule has 0 aromatic heterocycles. The van der Waals surface area contributed by atoms with Crippen LogP contribution in [0.25, 0.3) is 0 Å². The van der Waals surface area contributed by atoms with Gasteiger partial charge in [-0.3, -0.25) is 4.79 Å². The average molecular weight is 386 g/mol. The summed E-state index contributed by atoms with van der Waals surface area (Å²) in [5.74, 6) is 2.89. The Labute approximate surface area is 165 Å². The molecule has 5 heteroatoms. The van der Waals surface area contributed by atoms with Crippen LogP contribution < -0.4 is 14.8 Å². The van der Waals surface area contributed by atoms with Crippen LogP contribution in [0.5, 0.6) is 11.5 Å². The van der Waals surface area contributed by atoms with Crippen LogP contribution in [0.15, 0.2) is 42.5 Å². The van der Waals surface area contributed by atoms with Crippen LogP contribution in [0.4, 0.5) is 0 Å². The van der Waals surface area contributed by atoms with Crippen molar-refractivity contribution in [2.45, 2.75) is 44.6 Å². The minimum atomic E-state index is -0.325. The molecule has 0 unspecified atom stereocenters. The second-order valence-electron chi connectivity index (χ2n) is 7.57. The van der Waals surface area contributed by atoms with Gasteiger partial charge in [-0.05, 0) is 44.5 Å². The molecule has 4 nitrogen and oxygen atoms in total. The first kappa shape index (κ1) is 19.6. The number of nitrogens with one attached hydrogen (secondary N) is 1. The summed E-state index contributed by atoms with van der Waals surface area (Å²) in [6.45, 7) is 6.18. The number of rotatable bonds is 6. The molecule has 2 aromatic rings. The van der Waals surface area contributed by atoms with E-state index in [4.69, 9.17) is 9.47 Å². The summed E-state index contributed by atoms with van der Waals surface area (Å²) in [6.07, 6.45) is 0.724. The summed E-state index contributed by atoms with van der Waals surface area (Å²) in [5, 5.41) is 3.18. The first-order valence-electron chi connectivity index (χ1n) is 9.16. The highest BCUT2D eigenvalue weighted by atomic mass is 32.2. The Kier molecular flexibility index (Phi) is 6.00. The molecule has 1 N–H and O–H groups in total. The molecule has 1 heterocycles. The fourth-order valence-electron chi connectivity index (χ4n) is 3.39. The summed E-state index contributed by atoms with van der Waals surface area (Å²) in [5.41, 5.74) is 3.14. The standard InChI is InChI=1S/C22H27NO3S/c1-15-6-5-7-16(10-15)13-27-14-21(24)23-19-12-22(2,3)26-20-9-8-17(25-4)11-18(19)20/h5-11,19H,12-14H2,1-4H3,(H,23,24)/t19-/m0/s1. The quantitative estimate of drug-likeness (QED) is 0.786. The van der Waals surface area contributed by atoms with E-state index in [0.717, 1.165) is 29.2 Å². The normalized spacial score (nSPS) is 17.6. The van der Waals surface area contributed by atoms with Crippen molar-refractivity contribution in [3.8, 4) is 11.5 Å². The molecule has 0 saturated heterocycles. The lowest BCUT2D eigenvalue weighted by atomic mass is 9.89. The number of fused-ring (bicyclic) bond motifs is 1. The monoisotopic (exact) mass is 385 g/mol. The minimum Gasteiger partial charge on any atom is -0.497 e. The number of methoxy groups -OCH3 is 1. The van der Waals surface area contributed by atoms with Crippen LogP contribution in [0.2, 0.25) is 0 Å². The second kappa shape index (κ2) is 8.26. The molecule has 0 fully saturated rings. The van der Waals surface area contributed by atoms with Gasteiger partial charge in [0, 0.05) is 17.7 Å². The summed E-state index contributed by atoms with van der Waals surface area (Å²) in [7, 11) is 1.64. The highest BCUT2D eigenvalue weighted by Gasteiger charge is 2.34. The van der Waals surface area contributed by atoms with Gasteiger partial charge in [-0.25, -0.2) is 0 Å². The van der Waals surface area contributed by atoms with E-state index in [9.17, 15) is 4.79 Å². The fraction of sp³-hybridized carbons (Fsp3) is 0.409. The third kappa shape index (κ3) is 5.19. The maximum Gasteiger partial charge on any atom is 0.230 e. The Balaban J connectivity index is 1.63. The molecule has 0 aliphatic carbocycles. The lowest BCUT2D eigenvalue weighted by molar-refractivity contribution is -0.119. The Morgan fingerprint density at radius 3 is 2.85 bits per heavy atom. The van der Waals surface area contributed by atoms with Gasteiger partial charge < -0.3 is 14.8 Å². The van der Waals surface area contributed by atoms with Crippen LogP contribution in [0, 0.1) is 6.92 Å². The van der Waals surface area contributed by atoms with E-state index in [1.165, 1.54) is 11.1 Å².